The van der Waals surface area contributed by atoms with Gasteiger partial charge >= 0.3 is 5.97 Å². The molecule has 0 radical (unpaired) electrons. The molecule has 14 heteroatoms. The van der Waals surface area contributed by atoms with Crippen LogP contribution in [0.2, 0.25) is 0 Å². The van der Waals surface area contributed by atoms with Crippen molar-refractivity contribution in [2.75, 3.05) is 34.9 Å². The van der Waals surface area contributed by atoms with Crippen molar-refractivity contribution in [3.05, 3.63) is 35.9 Å². The predicted octanol–water partition coefficient (Wildman–Crippen LogP) is 3.53. The fourth-order valence-corrected chi connectivity index (χ4v) is 6.96. The molecule has 0 aromatic heterocycles. The van der Waals surface area contributed by atoms with Gasteiger partial charge in [0.2, 0.25) is 23.6 Å². The van der Waals surface area contributed by atoms with Crippen LogP contribution in [-0.4, -0.2) is 122 Å². The number of benzene rings is 1. The van der Waals surface area contributed by atoms with Gasteiger partial charge < -0.3 is 40.3 Å². The Morgan fingerprint density at radius 1 is 1.04 bits per heavy atom. The van der Waals surface area contributed by atoms with Crippen molar-refractivity contribution < 1.29 is 49.5 Å². The summed E-state index contributed by atoms with van der Waals surface area (Å²) in [7, 11) is 5.27. The number of ether oxygens (including phenoxy) is 2. The normalized spacial score (nSPS) is 22.4. The van der Waals surface area contributed by atoms with Crippen molar-refractivity contribution in [1.29, 1.82) is 0 Å². The van der Waals surface area contributed by atoms with Gasteiger partial charge in [-0.15, -0.1) is 12.4 Å². The fourth-order valence-electron chi connectivity index (χ4n) is 6.96. The van der Waals surface area contributed by atoms with E-state index < -0.39 is 97.5 Å². The van der Waals surface area contributed by atoms with E-state index in [4.69, 9.17) is 20.4 Å². The molecule has 1 fully saturated rings. The van der Waals surface area contributed by atoms with Gasteiger partial charge in [-0.1, -0.05) is 85.1 Å². The molecule has 4 N–H and O–H groups in total. The number of hydrogen-bond donors (Lipinski definition) is 4. The lowest BCUT2D eigenvalue weighted by atomic mass is 9.89. The van der Waals surface area contributed by atoms with Crippen molar-refractivity contribution in [3.8, 4) is 0 Å². The second kappa shape index (κ2) is 22.8. The van der Waals surface area contributed by atoms with E-state index in [-0.39, 0.29) is 37.1 Å². The first-order chi connectivity index (χ1) is 27.7. The van der Waals surface area contributed by atoms with Gasteiger partial charge in [-0.2, -0.15) is 0 Å². The maximum Gasteiger partial charge on any atom is 0.326 e. The molecule has 0 aliphatic carbocycles. The molecule has 2 rings (SSSR count). The molecule has 1 aromatic carbocycles. The Bertz CT molecular complexity index is 1610. The van der Waals surface area contributed by atoms with E-state index in [1.807, 2.05) is 13.8 Å². The lowest BCUT2D eigenvalue weighted by Crippen LogP contribution is -2.59. The molecule has 1 aliphatic heterocycles. The summed E-state index contributed by atoms with van der Waals surface area (Å²) in [5.74, 6) is -9.76. The lowest BCUT2D eigenvalue weighted by molar-refractivity contribution is -0.148. The Hall–Kier alpha value is -3.26. The molecule has 0 saturated carbocycles. The minimum atomic E-state index is -3.65. The number of rotatable bonds is 21. The molecule has 4 amide bonds. The zero-order valence-corrected chi connectivity index (χ0v) is 33.2. The van der Waals surface area contributed by atoms with Crippen molar-refractivity contribution in [3.63, 3.8) is 0 Å². The Morgan fingerprint density at radius 3 is 2.19 bits per heavy atom. The minimum Gasteiger partial charge on any atom is -0.480 e. The second-order valence-electron chi connectivity index (χ2n) is 13.9. The number of aliphatic carboxylic acids is 1. The number of carboxylic acid groups (broad SMARTS) is 1. The third-order valence-corrected chi connectivity index (χ3v) is 10.1. The third kappa shape index (κ3) is 12.9. The lowest BCUT2D eigenvalue weighted by Gasteiger charge is -2.41. The Labute approximate surface area is 334 Å². The van der Waals surface area contributed by atoms with Gasteiger partial charge in [-0.3, -0.25) is 19.2 Å². The van der Waals surface area contributed by atoms with Crippen LogP contribution in [-0.2, 0) is 39.9 Å². The van der Waals surface area contributed by atoms with Crippen LogP contribution >= 0.6 is 12.4 Å². The number of methoxy groups -OCH3 is 2. The molecular formula is C39H66ClN5O8. The first-order valence-electron chi connectivity index (χ1n) is 21.9. The number of halogens is 1. The maximum absolute atomic E-state index is 14.4. The zero-order chi connectivity index (χ0) is 46.1. The highest BCUT2D eigenvalue weighted by atomic mass is 35.5. The topological polar surface area (TPSA) is 167 Å². The van der Waals surface area contributed by atoms with Gasteiger partial charge in [0.15, 0.2) is 0 Å². The highest BCUT2D eigenvalue weighted by molar-refractivity contribution is 5.90. The molecule has 302 valence electrons. The largest absolute Gasteiger partial charge is 0.480 e. The Morgan fingerprint density at radius 2 is 1.68 bits per heavy atom. The van der Waals surface area contributed by atoms with Gasteiger partial charge in [0.25, 0.3) is 0 Å². The summed E-state index contributed by atoms with van der Waals surface area (Å²) < 4.78 is 76.3. The van der Waals surface area contributed by atoms with Gasteiger partial charge in [-0.05, 0) is 43.2 Å². The summed E-state index contributed by atoms with van der Waals surface area (Å²) in [5, 5.41) is 17.0. The van der Waals surface area contributed by atoms with Crippen LogP contribution in [0.25, 0.3) is 0 Å². The molecule has 0 unspecified atom stereocenters. The zero-order valence-electron chi connectivity index (χ0n) is 40.4. The molecule has 53 heavy (non-hydrogen) atoms. The van der Waals surface area contributed by atoms with Crippen LogP contribution < -0.4 is 16.0 Å². The van der Waals surface area contributed by atoms with E-state index >= 15 is 0 Å². The number of nitrogens with zero attached hydrogens (tertiary/aromatic N) is 2. The number of carboxylic acids is 1. The van der Waals surface area contributed by atoms with E-state index in [2.05, 4.69) is 16.0 Å². The van der Waals surface area contributed by atoms with E-state index in [9.17, 15) is 29.1 Å². The minimum absolute atomic E-state index is 0. The summed E-state index contributed by atoms with van der Waals surface area (Å²) in [5.41, 5.74) is 0.731. The van der Waals surface area contributed by atoms with Crippen molar-refractivity contribution >= 4 is 42.0 Å². The van der Waals surface area contributed by atoms with E-state index in [1.165, 1.54) is 26.2 Å². The predicted molar refractivity (Wildman–Crippen MR) is 208 cm³/mol. The molecule has 0 bridgehead atoms. The highest BCUT2D eigenvalue weighted by Crippen LogP contribution is 2.29. The fraction of sp³-hybridized carbons (Fsp3) is 0.718. The standard InChI is InChI=1S/C39H65N5O8.ClH/c1-12-25(6)34(43(9)38(48)33(24(4)5)42-37(47)32(40-8)23(2)3)30(51-10)22-31(45)44-20-16-19-29(44)35(52-11)26(7)36(46)41-28(39(49)50)21-27-17-14-13-15-18-27;/h13-15,17-18,23-26,28-30,32-35,40H,12,16,19-22H2,1-11H3,(H,41,46)(H,42,47)(H,49,50);1H/t25-,26+,28-,29-,30+,32-,33-,34-,35+;/m0./s1/i2D3,3D3,23D,32D;. The summed E-state index contributed by atoms with van der Waals surface area (Å²) in [6.45, 7) is 1.60. The van der Waals surface area contributed by atoms with Crippen LogP contribution in [0.4, 0.5) is 0 Å². The third-order valence-electron chi connectivity index (χ3n) is 10.1. The Balaban J connectivity index is 0.0000186. The van der Waals surface area contributed by atoms with Crippen molar-refractivity contribution in [2.24, 2.45) is 23.6 Å². The van der Waals surface area contributed by atoms with Crippen LogP contribution in [0.5, 0.6) is 0 Å². The average Bonchev–Trinajstić information content (AvgIpc) is 3.67. The number of hydrogen-bond acceptors (Lipinski definition) is 8. The van der Waals surface area contributed by atoms with Crippen LogP contribution in [0.1, 0.15) is 90.5 Å². The highest BCUT2D eigenvalue weighted by Gasteiger charge is 2.43. The smallest absolute Gasteiger partial charge is 0.326 e. The van der Waals surface area contributed by atoms with Gasteiger partial charge in [0.05, 0.1) is 44.0 Å². The number of carbonyl (C=O) groups is 5. The van der Waals surface area contributed by atoms with Crippen molar-refractivity contribution in [1.82, 2.24) is 25.8 Å². The van der Waals surface area contributed by atoms with E-state index in [0.29, 0.717) is 25.8 Å². The molecule has 1 aromatic rings. The number of nitrogens with one attached hydrogen (secondary N) is 3. The SMILES string of the molecule is Cl.[2H]C([2H])([2H])C([2H])(C([2H])([2H])[2H])[C@]([2H])(NC)C(=O)N[C@H](C(=O)N(C)[C@@H]([C@@H](C)CC)[C@@H](CC(=O)N1CCC[C@H]1[C@H](OC)[C@@H](C)C(=O)N[C@@H](Cc1ccccc1)C(=O)O)OC)C(C)C. The molecule has 13 nitrogen and oxygen atoms in total. The van der Waals surface area contributed by atoms with E-state index in [1.54, 1.807) is 56.0 Å². The van der Waals surface area contributed by atoms with E-state index in [0.717, 1.165) is 12.6 Å². The molecule has 0 spiro atoms. The van der Waals surface area contributed by atoms with Gasteiger partial charge in [-0.25, -0.2) is 4.79 Å². The first kappa shape index (κ1) is 35.4. The molecule has 1 aliphatic rings. The Kier molecular flexibility index (Phi) is 15.3. The number of amides is 4. The molecule has 1 heterocycles. The molecule has 1 saturated heterocycles. The van der Waals surface area contributed by atoms with Crippen LogP contribution in [0.3, 0.4) is 0 Å². The quantitative estimate of drug-likeness (QED) is 0.146. The summed E-state index contributed by atoms with van der Waals surface area (Å²) in [6, 6.07) is 1.68. The van der Waals surface area contributed by atoms with Gasteiger partial charge in [0, 0.05) is 43.8 Å². The van der Waals surface area contributed by atoms with Crippen molar-refractivity contribution in [2.45, 2.75) is 123 Å². The monoisotopic (exact) mass is 776 g/mol. The van der Waals surface area contributed by atoms with Crippen LogP contribution in [0, 0.1) is 23.6 Å². The molecule has 9 atom stereocenters. The van der Waals surface area contributed by atoms with Gasteiger partial charge in [0.1, 0.15) is 12.1 Å². The molecular weight excluding hydrogens is 702 g/mol. The average molecular weight is 776 g/mol. The maximum atomic E-state index is 14.4. The number of carbonyl (C=O) groups excluding carboxylic acids is 4. The second-order valence-corrected chi connectivity index (χ2v) is 13.9. The summed E-state index contributed by atoms with van der Waals surface area (Å²) in [4.78, 5) is 70.9. The summed E-state index contributed by atoms with van der Waals surface area (Å²) >= 11 is 0. The van der Waals surface area contributed by atoms with Crippen LogP contribution in [0.15, 0.2) is 30.3 Å². The summed E-state index contributed by atoms with van der Waals surface area (Å²) in [6.07, 6.45) is -0.210. The number of likely N-dealkylation sites (tertiary alicyclic amines) is 1. The number of likely N-dealkylation sites (N-methyl/N-ethyl adjacent to an activating group) is 2. The first-order valence-corrected chi connectivity index (χ1v) is 17.9.